The molecule has 1 aliphatic heterocycles. The van der Waals surface area contributed by atoms with Crippen LogP contribution < -0.4 is 11.6 Å². The topological polar surface area (TPSA) is 294 Å². The van der Waals surface area contributed by atoms with Crippen molar-refractivity contribution in [2.75, 3.05) is 12.3 Å². The number of hydrogen-bond acceptors (Lipinski definition) is 14. The molecule has 22 heteroatoms. The van der Waals surface area contributed by atoms with E-state index >= 15 is 0 Å². The molecular weight excluding hydrogens is 505 g/mol. The number of anilines is 1. The van der Waals surface area contributed by atoms with Crippen LogP contribution in [0.5, 0.6) is 0 Å². The molecule has 3 rings (SSSR count). The van der Waals surface area contributed by atoms with Crippen LogP contribution in [0, 0.1) is 0 Å². The molecule has 19 nitrogen and oxygen atoms in total. The zero-order valence-corrected chi connectivity index (χ0v) is 18.1. The van der Waals surface area contributed by atoms with Gasteiger partial charge in [0.25, 0.3) is 0 Å². The van der Waals surface area contributed by atoms with Crippen LogP contribution in [-0.2, 0) is 36.4 Å². The van der Waals surface area contributed by atoms with E-state index in [4.69, 9.17) is 31.0 Å². The molecule has 1 aliphatic rings. The number of nitrogens with zero attached hydrogens (tertiary/aromatic N) is 4. The molecule has 6 atom stereocenters. The van der Waals surface area contributed by atoms with Crippen molar-refractivity contribution in [3.05, 3.63) is 12.7 Å². The number of aliphatic hydroxyl groups is 1. The van der Waals surface area contributed by atoms with Crippen molar-refractivity contribution < 1.29 is 61.1 Å². The first-order valence-electron chi connectivity index (χ1n) is 8.13. The molecule has 0 radical (unpaired) electrons. The van der Waals surface area contributed by atoms with Crippen molar-refractivity contribution in [2.45, 2.75) is 24.5 Å². The zero-order chi connectivity index (χ0) is 23.9. The van der Waals surface area contributed by atoms with Gasteiger partial charge >= 0.3 is 23.5 Å². The number of phosphoric acid groups is 3. The van der Waals surface area contributed by atoms with Gasteiger partial charge in [-0.2, -0.15) is 8.62 Å². The third-order valence-electron chi connectivity index (χ3n) is 3.95. The lowest BCUT2D eigenvalue weighted by Gasteiger charge is -2.20. The Hall–Kier alpha value is -1.40. The smallest absolute Gasteiger partial charge is 0.385 e. The molecule has 0 amide bonds. The van der Waals surface area contributed by atoms with E-state index in [9.17, 15) is 23.7 Å². The molecule has 0 aliphatic carbocycles. The Morgan fingerprint density at radius 3 is 2.41 bits per heavy atom. The monoisotopic (exact) mass is 522 g/mol. The summed E-state index contributed by atoms with van der Waals surface area (Å²) in [4.78, 5) is 52.2. The lowest BCUT2D eigenvalue weighted by atomic mass is 10.1. The van der Waals surface area contributed by atoms with Gasteiger partial charge in [0.1, 0.15) is 30.2 Å². The summed E-state index contributed by atoms with van der Waals surface area (Å²) in [6, 6.07) is 0. The fourth-order valence-electron chi connectivity index (χ4n) is 2.78. The van der Waals surface area contributed by atoms with Crippen LogP contribution in [0.25, 0.3) is 11.2 Å². The second-order valence-corrected chi connectivity index (χ2v) is 10.5. The lowest BCUT2D eigenvalue weighted by molar-refractivity contribution is -0.0602. The average molecular weight is 522 g/mol. The second kappa shape index (κ2) is 9.09. The second-order valence-electron chi connectivity index (χ2n) is 6.13. The van der Waals surface area contributed by atoms with Gasteiger partial charge in [-0.3, -0.25) is 13.9 Å². The maximum absolute atomic E-state index is 11.9. The molecule has 180 valence electrons. The number of nitrogens with two attached hydrogens (primary N) is 2. The Morgan fingerprint density at radius 2 is 1.78 bits per heavy atom. The van der Waals surface area contributed by atoms with Crippen LogP contribution >= 0.6 is 23.5 Å². The summed E-state index contributed by atoms with van der Waals surface area (Å²) in [5.74, 6) is 5.21. The molecule has 3 heterocycles. The number of phosphoric ester groups is 1. The Bertz CT molecular complexity index is 1120. The number of fused-ring (bicyclic) bond motifs is 1. The summed E-state index contributed by atoms with van der Waals surface area (Å²) >= 11 is 0. The lowest BCUT2D eigenvalue weighted by Crippen LogP contribution is -2.38. The van der Waals surface area contributed by atoms with Crippen molar-refractivity contribution >= 4 is 40.4 Å². The largest absolute Gasteiger partial charge is 0.490 e. The minimum absolute atomic E-state index is 0.0528. The number of nitrogen functional groups attached to an aromatic ring is 1. The number of aromatic nitrogens is 4. The quantitative estimate of drug-likeness (QED) is 0.142. The minimum Gasteiger partial charge on any atom is -0.385 e. The van der Waals surface area contributed by atoms with Gasteiger partial charge < -0.3 is 35.2 Å². The van der Waals surface area contributed by atoms with Gasteiger partial charge in [0.15, 0.2) is 17.7 Å². The highest BCUT2D eigenvalue weighted by Crippen LogP contribution is 2.66. The summed E-state index contributed by atoms with van der Waals surface area (Å²) in [5.41, 5.74) is 6.07. The van der Waals surface area contributed by atoms with E-state index in [1.54, 1.807) is 0 Å². The summed E-state index contributed by atoms with van der Waals surface area (Å²) < 4.78 is 52.4. The maximum atomic E-state index is 11.9. The van der Waals surface area contributed by atoms with E-state index in [0.717, 1.165) is 6.33 Å². The standard InChI is InChI=1S/C10H17N6O13P3/c11-8-5-9(14-2-13-8)16(3-15-5)10-6(17)7(27-12)4(26-10)1-25-31(21,22)29-32(23,24)28-30(18,19)20/h2-4,6-7,10,17H,1,12H2,(H,21,22)(H,23,24)(H2,11,13,14)(H2,18,19,20)/t4-,6-,7-,10-/m1/s1. The van der Waals surface area contributed by atoms with Gasteiger partial charge in [0.05, 0.1) is 12.9 Å². The molecule has 2 unspecified atom stereocenters. The number of ether oxygens (including phenoxy) is 1. The fourth-order valence-corrected chi connectivity index (χ4v) is 5.81. The zero-order valence-electron chi connectivity index (χ0n) is 15.5. The fraction of sp³-hybridized carbons (Fsp3) is 0.500. The van der Waals surface area contributed by atoms with Gasteiger partial charge in [0.2, 0.25) is 0 Å². The summed E-state index contributed by atoms with van der Waals surface area (Å²) in [6.45, 7) is -0.900. The van der Waals surface area contributed by atoms with E-state index in [1.807, 2.05) is 0 Å². The Kier molecular flexibility index (Phi) is 7.17. The molecule has 0 bridgehead atoms. The third-order valence-corrected chi connectivity index (χ3v) is 7.75. The Balaban J connectivity index is 1.73. The van der Waals surface area contributed by atoms with E-state index in [1.165, 1.54) is 10.9 Å². The molecule has 32 heavy (non-hydrogen) atoms. The Labute approximate surface area is 177 Å². The van der Waals surface area contributed by atoms with Crippen molar-refractivity contribution in [3.8, 4) is 0 Å². The van der Waals surface area contributed by atoms with Gasteiger partial charge in [-0.1, -0.05) is 0 Å². The number of hydrogen-bond donors (Lipinski definition) is 7. The highest BCUT2D eigenvalue weighted by molar-refractivity contribution is 7.66. The highest BCUT2D eigenvalue weighted by atomic mass is 31.3. The average Bonchev–Trinajstić information content (AvgIpc) is 3.18. The van der Waals surface area contributed by atoms with Gasteiger partial charge in [-0.15, -0.1) is 0 Å². The molecule has 0 spiro atoms. The third kappa shape index (κ3) is 5.74. The van der Waals surface area contributed by atoms with Gasteiger partial charge in [-0.05, 0) is 0 Å². The van der Waals surface area contributed by atoms with Crippen LogP contribution in [0.4, 0.5) is 5.82 Å². The van der Waals surface area contributed by atoms with Crippen LogP contribution in [0.3, 0.4) is 0 Å². The predicted molar refractivity (Wildman–Crippen MR) is 98.5 cm³/mol. The number of aliphatic hydroxyl groups excluding tert-OH is 1. The van der Waals surface area contributed by atoms with E-state index < -0.39 is 54.6 Å². The first-order valence-corrected chi connectivity index (χ1v) is 12.7. The van der Waals surface area contributed by atoms with Crippen molar-refractivity contribution in [3.63, 3.8) is 0 Å². The molecule has 1 fully saturated rings. The summed E-state index contributed by atoms with van der Waals surface area (Å²) in [7, 11) is -16.7. The molecule has 2 aromatic rings. The van der Waals surface area contributed by atoms with Crippen LogP contribution in [0.15, 0.2) is 12.7 Å². The normalized spacial score (nSPS) is 27.9. The SMILES string of the molecule is NO[C@H]1[C@@H](O)[C@H](n2cnc3c(N)ncnc32)O[C@@H]1COP(=O)(O)OP(=O)(O)OP(=O)(O)O. The van der Waals surface area contributed by atoms with Crippen LogP contribution in [0.1, 0.15) is 6.23 Å². The first kappa shape index (κ1) is 25.2. The molecule has 2 aromatic heterocycles. The van der Waals surface area contributed by atoms with E-state index in [-0.39, 0.29) is 17.0 Å². The van der Waals surface area contributed by atoms with Gasteiger partial charge in [-0.25, -0.2) is 34.5 Å². The number of imidazole rings is 1. The summed E-state index contributed by atoms with van der Waals surface area (Å²) in [5, 5.41) is 10.5. The molecule has 0 aromatic carbocycles. The first-order chi connectivity index (χ1) is 14.7. The van der Waals surface area contributed by atoms with Crippen molar-refractivity contribution in [2.24, 2.45) is 5.90 Å². The summed E-state index contributed by atoms with van der Waals surface area (Å²) in [6.07, 6.45) is -3.05. The van der Waals surface area contributed by atoms with Gasteiger partial charge in [0, 0.05) is 0 Å². The maximum Gasteiger partial charge on any atom is 0.490 e. The van der Waals surface area contributed by atoms with Crippen LogP contribution in [-0.4, -0.2) is 69.1 Å². The molecule has 0 saturated carbocycles. The predicted octanol–water partition coefficient (Wildman–Crippen LogP) is -1.73. The minimum atomic E-state index is -5.70. The molecule has 9 N–H and O–H groups in total. The van der Waals surface area contributed by atoms with Crippen molar-refractivity contribution in [1.82, 2.24) is 19.5 Å². The molecule has 1 saturated heterocycles. The van der Waals surface area contributed by atoms with Crippen molar-refractivity contribution in [1.29, 1.82) is 0 Å². The highest BCUT2D eigenvalue weighted by Gasteiger charge is 2.48. The molecular formula is C10H17N6O13P3. The number of rotatable bonds is 9. The Morgan fingerprint density at radius 1 is 1.09 bits per heavy atom. The van der Waals surface area contributed by atoms with Crippen LogP contribution in [0.2, 0.25) is 0 Å². The van der Waals surface area contributed by atoms with E-state index in [2.05, 4.69) is 32.9 Å². The van der Waals surface area contributed by atoms with E-state index in [0.29, 0.717) is 0 Å².